The van der Waals surface area contributed by atoms with Gasteiger partial charge < -0.3 is 0 Å². The fourth-order valence-corrected chi connectivity index (χ4v) is 2.37. The molecule has 0 atom stereocenters. The van der Waals surface area contributed by atoms with Gasteiger partial charge in [-0.15, -0.1) is 6.58 Å². The molecular formula is C13H11NO2S. The molecule has 0 N–H and O–H groups in total. The third kappa shape index (κ3) is 2.42. The molecule has 0 saturated carbocycles. The van der Waals surface area contributed by atoms with Gasteiger partial charge in [-0.2, -0.15) is 0 Å². The van der Waals surface area contributed by atoms with E-state index in [1.165, 1.54) is 21.6 Å². The van der Waals surface area contributed by atoms with Gasteiger partial charge in [-0.05, 0) is 0 Å². The zero-order chi connectivity index (χ0) is 12.3. The number of aromatic nitrogens is 1. The van der Waals surface area contributed by atoms with Crippen LogP contribution in [0.5, 0.6) is 0 Å². The van der Waals surface area contributed by atoms with Crippen LogP contribution >= 0.6 is 11.5 Å². The molecule has 0 aliphatic carbocycles. The van der Waals surface area contributed by atoms with E-state index in [1.807, 2.05) is 6.07 Å². The van der Waals surface area contributed by atoms with E-state index in [-0.39, 0.29) is 11.3 Å². The highest BCUT2D eigenvalue weighted by Gasteiger charge is 2.13. The quantitative estimate of drug-likeness (QED) is 0.612. The first-order valence-corrected chi connectivity index (χ1v) is 5.91. The molecule has 0 saturated heterocycles. The van der Waals surface area contributed by atoms with Crippen LogP contribution in [0.2, 0.25) is 0 Å². The maximum atomic E-state index is 12.0. The fraction of sp³-hybridized carbons (Fsp3) is 0.0769. The van der Waals surface area contributed by atoms with Crippen LogP contribution in [0.3, 0.4) is 0 Å². The molecule has 2 rings (SSSR count). The Bertz CT molecular complexity index is 595. The summed E-state index contributed by atoms with van der Waals surface area (Å²) in [7, 11) is 0. The first kappa shape index (κ1) is 11.5. The Kier molecular flexibility index (Phi) is 3.35. The summed E-state index contributed by atoms with van der Waals surface area (Å²) in [5.74, 6) is -0.115. The highest BCUT2D eigenvalue weighted by molar-refractivity contribution is 7.08. The molecule has 4 heteroatoms. The van der Waals surface area contributed by atoms with Gasteiger partial charge in [0.05, 0.1) is 11.4 Å². The van der Waals surface area contributed by atoms with E-state index < -0.39 is 0 Å². The Balaban J connectivity index is 2.35. The van der Waals surface area contributed by atoms with E-state index in [2.05, 4.69) is 6.58 Å². The predicted molar refractivity (Wildman–Crippen MR) is 68.7 cm³/mol. The zero-order valence-corrected chi connectivity index (χ0v) is 9.94. The molecule has 0 aliphatic heterocycles. The third-order valence-corrected chi connectivity index (χ3v) is 3.31. The highest BCUT2D eigenvalue weighted by Crippen LogP contribution is 2.12. The Labute approximate surface area is 103 Å². The van der Waals surface area contributed by atoms with Gasteiger partial charge in [0.2, 0.25) is 5.78 Å². The largest absolute Gasteiger partial charge is 0.288 e. The maximum absolute atomic E-state index is 12.0. The second-order valence-electron chi connectivity index (χ2n) is 3.48. The summed E-state index contributed by atoms with van der Waals surface area (Å²) < 4.78 is 1.50. The number of rotatable bonds is 4. The molecule has 1 aromatic heterocycles. The van der Waals surface area contributed by atoms with Crippen molar-refractivity contribution in [1.82, 2.24) is 3.96 Å². The average molecular weight is 245 g/mol. The lowest BCUT2D eigenvalue weighted by Crippen LogP contribution is -2.10. The summed E-state index contributed by atoms with van der Waals surface area (Å²) in [4.78, 5) is 24.0. The summed E-state index contributed by atoms with van der Waals surface area (Å²) in [6.45, 7) is 4.01. The molecule has 0 fully saturated rings. The maximum Gasteiger partial charge on any atom is 0.261 e. The highest BCUT2D eigenvalue weighted by atomic mass is 32.1. The lowest BCUT2D eigenvalue weighted by Gasteiger charge is -1.96. The minimum absolute atomic E-state index is 0.115. The van der Waals surface area contributed by atoms with Gasteiger partial charge in [-0.3, -0.25) is 13.5 Å². The van der Waals surface area contributed by atoms with Crippen molar-refractivity contribution < 1.29 is 4.79 Å². The van der Waals surface area contributed by atoms with Crippen LogP contribution in [0.25, 0.3) is 0 Å². The van der Waals surface area contributed by atoms with Crippen LogP contribution in [0.1, 0.15) is 15.2 Å². The minimum Gasteiger partial charge on any atom is -0.288 e. The number of carbonyl (C=O) groups excluding carboxylic acids is 1. The summed E-state index contributed by atoms with van der Waals surface area (Å²) in [5, 5.41) is 0. The van der Waals surface area contributed by atoms with Crippen molar-refractivity contribution in [3.8, 4) is 0 Å². The number of carbonyl (C=O) groups is 1. The topological polar surface area (TPSA) is 39.1 Å². The van der Waals surface area contributed by atoms with Crippen molar-refractivity contribution in [2.75, 3.05) is 0 Å². The van der Waals surface area contributed by atoms with Crippen LogP contribution in [-0.4, -0.2) is 9.74 Å². The molecule has 2 aromatic rings. The molecule has 0 aliphatic rings. The molecule has 1 heterocycles. The van der Waals surface area contributed by atoms with Gasteiger partial charge in [-0.25, -0.2) is 0 Å². The molecule has 17 heavy (non-hydrogen) atoms. The molecule has 0 amide bonds. The zero-order valence-electron chi connectivity index (χ0n) is 9.13. The lowest BCUT2D eigenvalue weighted by molar-refractivity contribution is 0.104. The molecule has 86 valence electrons. The van der Waals surface area contributed by atoms with Crippen molar-refractivity contribution in [2.45, 2.75) is 6.54 Å². The van der Waals surface area contributed by atoms with Crippen LogP contribution in [0.15, 0.2) is 53.8 Å². The average Bonchev–Trinajstić information content (AvgIpc) is 2.72. The van der Waals surface area contributed by atoms with Crippen molar-refractivity contribution in [3.05, 3.63) is 69.8 Å². The van der Waals surface area contributed by atoms with Crippen LogP contribution < -0.4 is 5.56 Å². The van der Waals surface area contributed by atoms with E-state index in [1.54, 1.807) is 30.3 Å². The molecule has 0 radical (unpaired) electrons. The number of benzene rings is 1. The summed E-state index contributed by atoms with van der Waals surface area (Å²) in [6, 6.07) is 10.3. The van der Waals surface area contributed by atoms with Gasteiger partial charge in [0.15, 0.2) is 0 Å². The van der Waals surface area contributed by atoms with Gasteiger partial charge in [-0.1, -0.05) is 47.9 Å². The number of hydrogen-bond acceptors (Lipinski definition) is 3. The molecule has 0 bridgehead atoms. The minimum atomic E-state index is -0.158. The van der Waals surface area contributed by atoms with Gasteiger partial charge >= 0.3 is 0 Å². The lowest BCUT2D eigenvalue weighted by atomic mass is 10.1. The first-order chi connectivity index (χ1) is 8.22. The first-order valence-electron chi connectivity index (χ1n) is 5.14. The van der Waals surface area contributed by atoms with E-state index in [0.717, 1.165) is 0 Å². The number of nitrogens with zero attached hydrogens (tertiary/aromatic N) is 1. The standard InChI is InChI=1S/C13H11NO2S/c1-2-8-14-12(15)9-11(17-14)13(16)10-6-4-3-5-7-10/h2-7,9H,1,8H2. The van der Waals surface area contributed by atoms with E-state index in [9.17, 15) is 9.59 Å². The van der Waals surface area contributed by atoms with Gasteiger partial charge in [0.1, 0.15) is 0 Å². The molecule has 1 aromatic carbocycles. The number of ketones is 1. The van der Waals surface area contributed by atoms with Crippen molar-refractivity contribution in [1.29, 1.82) is 0 Å². The van der Waals surface area contributed by atoms with Gasteiger partial charge in [0.25, 0.3) is 5.56 Å². The van der Waals surface area contributed by atoms with E-state index in [4.69, 9.17) is 0 Å². The van der Waals surface area contributed by atoms with E-state index in [0.29, 0.717) is 17.0 Å². The van der Waals surface area contributed by atoms with Crippen LogP contribution in [0, 0.1) is 0 Å². The van der Waals surface area contributed by atoms with Crippen molar-refractivity contribution >= 4 is 17.3 Å². The Morgan fingerprint density at radius 2 is 2.06 bits per heavy atom. The van der Waals surface area contributed by atoms with E-state index >= 15 is 0 Å². The van der Waals surface area contributed by atoms with Crippen molar-refractivity contribution in [2.24, 2.45) is 0 Å². The summed E-state index contributed by atoms with van der Waals surface area (Å²) in [5.41, 5.74) is 0.439. The monoisotopic (exact) mass is 245 g/mol. The second-order valence-corrected chi connectivity index (χ2v) is 4.55. The van der Waals surface area contributed by atoms with Crippen LogP contribution in [-0.2, 0) is 6.54 Å². The molecular weight excluding hydrogens is 234 g/mol. The Morgan fingerprint density at radius 3 is 2.71 bits per heavy atom. The number of hydrogen-bond donors (Lipinski definition) is 0. The van der Waals surface area contributed by atoms with Crippen molar-refractivity contribution in [3.63, 3.8) is 0 Å². The fourth-order valence-electron chi connectivity index (χ4n) is 1.46. The Hall–Kier alpha value is -1.94. The van der Waals surface area contributed by atoms with Gasteiger partial charge in [0, 0.05) is 11.6 Å². The molecule has 3 nitrogen and oxygen atoms in total. The van der Waals surface area contributed by atoms with Crippen LogP contribution in [0.4, 0.5) is 0 Å². The SMILES string of the molecule is C=CCn1sc(C(=O)c2ccccc2)cc1=O. The summed E-state index contributed by atoms with van der Waals surface area (Å²) >= 11 is 1.17. The number of allylic oxidation sites excluding steroid dienone is 1. The Morgan fingerprint density at radius 1 is 1.35 bits per heavy atom. The molecule has 0 unspecified atom stereocenters. The normalized spacial score (nSPS) is 10.1. The predicted octanol–water partition coefficient (Wildman–Crippen LogP) is 2.33. The molecule has 0 spiro atoms. The third-order valence-electron chi connectivity index (χ3n) is 2.26. The second kappa shape index (κ2) is 4.93. The summed E-state index contributed by atoms with van der Waals surface area (Å²) in [6.07, 6.45) is 1.63. The smallest absolute Gasteiger partial charge is 0.261 e.